The number of halogens is 1. The number of para-hydroxylation sites is 1. The summed E-state index contributed by atoms with van der Waals surface area (Å²) in [7, 11) is 3.75. The number of amides is 1. The van der Waals surface area contributed by atoms with E-state index in [1.54, 1.807) is 6.07 Å². The molecule has 2 rings (SSSR count). The Balaban J connectivity index is 2.03. The van der Waals surface area contributed by atoms with E-state index in [0.717, 1.165) is 28.1 Å². The Morgan fingerprint density at radius 1 is 1.16 bits per heavy atom. The summed E-state index contributed by atoms with van der Waals surface area (Å²) < 4.78 is 13.5. The van der Waals surface area contributed by atoms with Gasteiger partial charge in [0.1, 0.15) is 5.82 Å². The highest BCUT2D eigenvalue weighted by Crippen LogP contribution is 2.26. The third kappa shape index (κ3) is 4.79. The second kappa shape index (κ2) is 8.12. The fraction of sp³-hybridized carbons (Fsp3) is 0.350. The molecule has 134 valence electrons. The molecule has 4 nitrogen and oxygen atoms in total. The van der Waals surface area contributed by atoms with Crippen molar-refractivity contribution in [3.63, 3.8) is 0 Å². The zero-order valence-corrected chi connectivity index (χ0v) is 15.5. The second-order valence-corrected chi connectivity index (χ2v) is 6.52. The third-order valence-corrected chi connectivity index (χ3v) is 4.26. The van der Waals surface area contributed by atoms with E-state index in [1.807, 2.05) is 58.0 Å². The van der Waals surface area contributed by atoms with Gasteiger partial charge in [0, 0.05) is 31.5 Å². The lowest BCUT2D eigenvalue weighted by atomic mass is 10.1. The van der Waals surface area contributed by atoms with Gasteiger partial charge in [0.05, 0.1) is 6.54 Å². The van der Waals surface area contributed by atoms with Gasteiger partial charge in [-0.3, -0.25) is 4.79 Å². The molecule has 1 atom stereocenters. The molecular formula is C20H26FN3O. The van der Waals surface area contributed by atoms with E-state index in [-0.39, 0.29) is 24.3 Å². The quantitative estimate of drug-likeness (QED) is 0.838. The Morgan fingerprint density at radius 3 is 2.40 bits per heavy atom. The minimum absolute atomic E-state index is 0.0817. The summed E-state index contributed by atoms with van der Waals surface area (Å²) in [6.07, 6.45) is 0. The number of carbonyl (C=O) groups excluding carboxylic acids is 1. The van der Waals surface area contributed by atoms with Crippen molar-refractivity contribution in [2.45, 2.75) is 26.8 Å². The van der Waals surface area contributed by atoms with Gasteiger partial charge in [0.2, 0.25) is 5.91 Å². The third-order valence-electron chi connectivity index (χ3n) is 4.26. The monoisotopic (exact) mass is 343 g/mol. The Hall–Kier alpha value is -2.40. The Labute approximate surface area is 149 Å². The fourth-order valence-electron chi connectivity index (χ4n) is 2.82. The van der Waals surface area contributed by atoms with Crippen molar-refractivity contribution in [1.29, 1.82) is 0 Å². The van der Waals surface area contributed by atoms with Crippen LogP contribution in [0.25, 0.3) is 0 Å². The first kappa shape index (κ1) is 18.9. The maximum Gasteiger partial charge on any atom is 0.238 e. The normalized spacial score (nSPS) is 11.9. The van der Waals surface area contributed by atoms with Crippen molar-refractivity contribution in [2.75, 3.05) is 30.9 Å². The molecule has 0 bridgehead atoms. The van der Waals surface area contributed by atoms with Crippen LogP contribution in [0, 0.1) is 19.7 Å². The highest BCUT2D eigenvalue weighted by atomic mass is 19.1. The van der Waals surface area contributed by atoms with E-state index in [0.29, 0.717) is 0 Å². The van der Waals surface area contributed by atoms with Gasteiger partial charge in [0.25, 0.3) is 0 Å². The number of hydrogen-bond donors (Lipinski definition) is 2. The summed E-state index contributed by atoms with van der Waals surface area (Å²) in [5.41, 5.74) is 4.68. The second-order valence-electron chi connectivity index (χ2n) is 6.52. The minimum atomic E-state index is -0.271. The molecule has 5 heteroatoms. The minimum Gasteiger partial charge on any atom is -0.377 e. The van der Waals surface area contributed by atoms with Gasteiger partial charge in [-0.05, 0) is 49.6 Å². The summed E-state index contributed by atoms with van der Waals surface area (Å²) >= 11 is 0. The van der Waals surface area contributed by atoms with E-state index in [2.05, 4.69) is 10.6 Å². The molecule has 0 aliphatic rings. The highest BCUT2D eigenvalue weighted by Gasteiger charge is 2.14. The maximum atomic E-state index is 13.5. The van der Waals surface area contributed by atoms with E-state index < -0.39 is 0 Å². The van der Waals surface area contributed by atoms with Gasteiger partial charge in [-0.25, -0.2) is 4.39 Å². The van der Waals surface area contributed by atoms with Gasteiger partial charge in [-0.2, -0.15) is 0 Å². The van der Waals surface area contributed by atoms with Crippen LogP contribution in [0.5, 0.6) is 0 Å². The van der Waals surface area contributed by atoms with Crippen molar-refractivity contribution in [3.05, 3.63) is 58.9 Å². The standard InChI is InChI=1S/C20H26FN3O/c1-13-7-6-8-14(2)20(13)23-19(25)12-22-15(3)17-10-9-16(21)11-18(17)24(4)5/h6-11,15,22H,12H2,1-5H3,(H,23,25)/t15-/m1/s1. The van der Waals surface area contributed by atoms with Crippen molar-refractivity contribution in [3.8, 4) is 0 Å². The number of nitrogens with one attached hydrogen (secondary N) is 2. The zero-order chi connectivity index (χ0) is 18.6. The molecule has 0 saturated heterocycles. The highest BCUT2D eigenvalue weighted by molar-refractivity contribution is 5.93. The molecule has 2 aromatic carbocycles. The van der Waals surface area contributed by atoms with Gasteiger partial charge >= 0.3 is 0 Å². The van der Waals surface area contributed by atoms with Crippen LogP contribution in [-0.2, 0) is 4.79 Å². The number of aryl methyl sites for hydroxylation is 2. The molecule has 0 heterocycles. The Morgan fingerprint density at radius 2 is 1.80 bits per heavy atom. The van der Waals surface area contributed by atoms with E-state index in [4.69, 9.17) is 0 Å². The van der Waals surface area contributed by atoms with Crippen LogP contribution in [-0.4, -0.2) is 26.5 Å². The summed E-state index contributed by atoms with van der Waals surface area (Å²) in [5, 5.41) is 6.17. The lowest BCUT2D eigenvalue weighted by Gasteiger charge is -2.22. The van der Waals surface area contributed by atoms with E-state index >= 15 is 0 Å². The lowest BCUT2D eigenvalue weighted by Crippen LogP contribution is -2.31. The van der Waals surface area contributed by atoms with Gasteiger partial charge < -0.3 is 15.5 Å². The van der Waals surface area contributed by atoms with E-state index in [9.17, 15) is 9.18 Å². The lowest BCUT2D eigenvalue weighted by molar-refractivity contribution is -0.115. The molecule has 0 spiro atoms. The predicted molar refractivity (Wildman–Crippen MR) is 102 cm³/mol. The van der Waals surface area contributed by atoms with Gasteiger partial charge in [-0.15, -0.1) is 0 Å². The maximum absolute atomic E-state index is 13.5. The Bertz CT molecular complexity index is 738. The van der Waals surface area contributed by atoms with Crippen LogP contribution in [0.1, 0.15) is 29.7 Å². The van der Waals surface area contributed by atoms with E-state index in [1.165, 1.54) is 12.1 Å². The molecule has 2 aromatic rings. The Kier molecular flexibility index (Phi) is 6.15. The van der Waals surface area contributed by atoms with Crippen LogP contribution < -0.4 is 15.5 Å². The van der Waals surface area contributed by atoms with Gasteiger partial charge in [0.15, 0.2) is 0 Å². The smallest absolute Gasteiger partial charge is 0.238 e. The molecule has 0 aliphatic heterocycles. The molecule has 0 fully saturated rings. The van der Waals surface area contributed by atoms with Crippen molar-refractivity contribution in [2.24, 2.45) is 0 Å². The summed E-state index contributed by atoms with van der Waals surface area (Å²) in [5.74, 6) is -0.370. The summed E-state index contributed by atoms with van der Waals surface area (Å²) in [6, 6.07) is 10.5. The molecule has 2 N–H and O–H groups in total. The number of hydrogen-bond acceptors (Lipinski definition) is 3. The average molecular weight is 343 g/mol. The number of nitrogens with zero attached hydrogens (tertiary/aromatic N) is 1. The number of carbonyl (C=O) groups is 1. The predicted octanol–water partition coefficient (Wildman–Crippen LogP) is 3.80. The van der Waals surface area contributed by atoms with Crippen molar-refractivity contribution < 1.29 is 9.18 Å². The largest absolute Gasteiger partial charge is 0.377 e. The molecule has 0 aliphatic carbocycles. The summed E-state index contributed by atoms with van der Waals surface area (Å²) in [4.78, 5) is 14.1. The zero-order valence-electron chi connectivity index (χ0n) is 15.5. The molecule has 0 aromatic heterocycles. The molecular weight excluding hydrogens is 317 g/mol. The SMILES string of the molecule is Cc1cccc(C)c1NC(=O)CN[C@H](C)c1ccc(F)cc1N(C)C. The molecule has 25 heavy (non-hydrogen) atoms. The molecule has 0 radical (unpaired) electrons. The first-order valence-corrected chi connectivity index (χ1v) is 8.35. The van der Waals surface area contributed by atoms with Crippen molar-refractivity contribution in [1.82, 2.24) is 5.32 Å². The topological polar surface area (TPSA) is 44.4 Å². The van der Waals surface area contributed by atoms with Crippen molar-refractivity contribution >= 4 is 17.3 Å². The van der Waals surface area contributed by atoms with Crippen LogP contribution in [0.2, 0.25) is 0 Å². The van der Waals surface area contributed by atoms with Crippen LogP contribution in [0.3, 0.4) is 0 Å². The number of anilines is 2. The average Bonchev–Trinajstić information content (AvgIpc) is 2.56. The summed E-state index contributed by atoms with van der Waals surface area (Å²) in [6.45, 7) is 6.09. The molecule has 0 unspecified atom stereocenters. The first-order valence-electron chi connectivity index (χ1n) is 8.35. The van der Waals surface area contributed by atoms with Crippen LogP contribution >= 0.6 is 0 Å². The fourth-order valence-corrected chi connectivity index (χ4v) is 2.82. The molecule has 0 saturated carbocycles. The van der Waals surface area contributed by atoms with Crippen LogP contribution in [0.15, 0.2) is 36.4 Å². The first-order chi connectivity index (χ1) is 11.8. The van der Waals surface area contributed by atoms with Crippen LogP contribution in [0.4, 0.5) is 15.8 Å². The number of rotatable bonds is 6. The van der Waals surface area contributed by atoms with Gasteiger partial charge in [-0.1, -0.05) is 24.3 Å². The molecule has 1 amide bonds. The number of benzene rings is 2.